The second-order valence-electron chi connectivity index (χ2n) is 8.34. The van der Waals surface area contributed by atoms with Gasteiger partial charge in [0, 0.05) is 30.2 Å². The number of nitrogens with one attached hydrogen (secondary N) is 1. The molecule has 0 aromatic carbocycles. The van der Waals surface area contributed by atoms with Gasteiger partial charge in [-0.3, -0.25) is 9.78 Å². The van der Waals surface area contributed by atoms with Crippen LogP contribution in [0.4, 0.5) is 5.82 Å². The number of carbonyl (C=O) groups is 1. The molecule has 7 nitrogen and oxygen atoms in total. The van der Waals surface area contributed by atoms with E-state index in [9.17, 15) is 4.79 Å². The van der Waals surface area contributed by atoms with Crippen LogP contribution in [0.2, 0.25) is 0 Å². The molecule has 1 atom stereocenters. The molecular formula is C21H24N6O. The largest absolute Gasteiger partial charge is 0.349 e. The van der Waals surface area contributed by atoms with E-state index in [1.54, 1.807) is 10.7 Å². The van der Waals surface area contributed by atoms with Gasteiger partial charge in [0.15, 0.2) is 5.65 Å². The number of amides is 1. The fraction of sp³-hybridized carbons (Fsp3) is 0.429. The number of anilines is 1. The van der Waals surface area contributed by atoms with Crippen LogP contribution in [0.5, 0.6) is 0 Å². The number of rotatable bonds is 0. The summed E-state index contributed by atoms with van der Waals surface area (Å²) in [4.78, 5) is 24.8. The number of hydrogen-bond donors (Lipinski definition) is 1. The highest BCUT2D eigenvalue weighted by molar-refractivity contribution is 6.00. The predicted octanol–water partition coefficient (Wildman–Crippen LogP) is 2.92. The van der Waals surface area contributed by atoms with Gasteiger partial charge in [0.2, 0.25) is 0 Å². The molecule has 3 aromatic heterocycles. The molecule has 0 unspecified atom stereocenters. The Morgan fingerprint density at radius 3 is 3.07 bits per heavy atom. The molecule has 1 amide bonds. The van der Waals surface area contributed by atoms with E-state index < -0.39 is 0 Å². The summed E-state index contributed by atoms with van der Waals surface area (Å²) >= 11 is 0. The van der Waals surface area contributed by atoms with Crippen LogP contribution < -0.4 is 10.2 Å². The molecule has 5 heterocycles. The summed E-state index contributed by atoms with van der Waals surface area (Å²) in [6.45, 7) is 5.06. The summed E-state index contributed by atoms with van der Waals surface area (Å²) in [6.07, 6.45) is 9.19. The van der Waals surface area contributed by atoms with Gasteiger partial charge in [0.25, 0.3) is 5.91 Å². The van der Waals surface area contributed by atoms with E-state index in [4.69, 9.17) is 9.97 Å². The van der Waals surface area contributed by atoms with Crippen molar-refractivity contribution in [3.8, 4) is 0 Å². The van der Waals surface area contributed by atoms with Gasteiger partial charge in [-0.15, -0.1) is 0 Å². The van der Waals surface area contributed by atoms with Crippen LogP contribution in [0, 0.1) is 0 Å². The van der Waals surface area contributed by atoms with Gasteiger partial charge in [-0.2, -0.15) is 5.10 Å². The number of hydrogen-bond acceptors (Lipinski definition) is 5. The van der Waals surface area contributed by atoms with Gasteiger partial charge in [-0.25, -0.2) is 9.50 Å². The molecule has 2 bridgehead atoms. The van der Waals surface area contributed by atoms with Crippen LogP contribution >= 0.6 is 0 Å². The van der Waals surface area contributed by atoms with Crippen LogP contribution in [-0.2, 0) is 6.42 Å². The van der Waals surface area contributed by atoms with Gasteiger partial charge in [0.05, 0.1) is 12.2 Å². The fourth-order valence-corrected chi connectivity index (χ4v) is 4.37. The summed E-state index contributed by atoms with van der Waals surface area (Å²) in [5.41, 5.74) is 3.14. The molecule has 144 valence electrons. The Bertz CT molecular complexity index is 1060. The van der Waals surface area contributed by atoms with Crippen LogP contribution in [-0.4, -0.2) is 37.6 Å². The average Bonchev–Trinajstić information content (AvgIpc) is 3.32. The molecule has 0 aliphatic carbocycles. The standard InChI is InChI=1S/C21H24N6O/c1-21(2)9-7-16-14(5-3-10-22-16)17-6-4-11-26(17)18-8-12-27-19(24-18)15(13-23-27)20(28)25-21/h3,5,8,10,12-13,17H,4,6-7,9,11H2,1-2H3,(H,25,28)/t17-/m1/s1. The smallest absolute Gasteiger partial charge is 0.257 e. The molecule has 0 saturated carbocycles. The number of aryl methyl sites for hydroxylation is 1. The van der Waals surface area contributed by atoms with Crippen LogP contribution in [0.25, 0.3) is 5.65 Å². The Labute approximate surface area is 163 Å². The van der Waals surface area contributed by atoms with E-state index in [0.717, 1.165) is 43.7 Å². The molecule has 7 heteroatoms. The maximum atomic E-state index is 13.0. The zero-order valence-corrected chi connectivity index (χ0v) is 16.2. The molecule has 28 heavy (non-hydrogen) atoms. The summed E-state index contributed by atoms with van der Waals surface area (Å²) in [5, 5.41) is 7.47. The minimum atomic E-state index is -0.360. The third-order valence-corrected chi connectivity index (χ3v) is 5.87. The number of nitrogens with zero attached hydrogens (tertiary/aromatic N) is 5. The van der Waals surface area contributed by atoms with Crippen molar-refractivity contribution in [3.63, 3.8) is 0 Å². The highest BCUT2D eigenvalue weighted by Crippen LogP contribution is 2.37. The van der Waals surface area contributed by atoms with Gasteiger partial charge in [0.1, 0.15) is 11.4 Å². The van der Waals surface area contributed by atoms with E-state index in [2.05, 4.69) is 35.2 Å². The highest BCUT2D eigenvalue weighted by Gasteiger charge is 2.31. The Kier molecular flexibility index (Phi) is 3.86. The predicted molar refractivity (Wildman–Crippen MR) is 106 cm³/mol. The highest BCUT2D eigenvalue weighted by atomic mass is 16.1. The normalized spacial score (nSPS) is 21.4. The van der Waals surface area contributed by atoms with Crippen molar-refractivity contribution in [2.75, 3.05) is 11.4 Å². The van der Waals surface area contributed by atoms with E-state index in [-0.39, 0.29) is 17.5 Å². The number of aromatic nitrogens is 4. The van der Waals surface area contributed by atoms with Crippen LogP contribution in [0.1, 0.15) is 60.8 Å². The lowest BCUT2D eigenvalue weighted by Crippen LogP contribution is -2.43. The number of fused-ring (bicyclic) bond motifs is 5. The first-order valence-corrected chi connectivity index (χ1v) is 9.89. The van der Waals surface area contributed by atoms with Crippen LogP contribution in [0.15, 0.2) is 36.8 Å². The van der Waals surface area contributed by atoms with E-state index in [1.807, 2.05) is 24.5 Å². The monoisotopic (exact) mass is 376 g/mol. The third-order valence-electron chi connectivity index (χ3n) is 5.87. The summed E-state index contributed by atoms with van der Waals surface area (Å²) in [6, 6.07) is 6.46. The Morgan fingerprint density at radius 2 is 2.18 bits per heavy atom. The number of pyridine rings is 1. The molecule has 0 spiro atoms. The molecule has 1 N–H and O–H groups in total. The van der Waals surface area contributed by atoms with Crippen molar-refractivity contribution in [1.29, 1.82) is 0 Å². The van der Waals surface area contributed by atoms with Gasteiger partial charge in [-0.05, 0) is 57.2 Å². The second kappa shape index (κ2) is 6.29. The Morgan fingerprint density at radius 1 is 1.29 bits per heavy atom. The van der Waals surface area contributed by atoms with Crippen LogP contribution in [0.3, 0.4) is 0 Å². The van der Waals surface area contributed by atoms with Crippen molar-refractivity contribution >= 4 is 17.4 Å². The van der Waals surface area contributed by atoms with Crippen molar-refractivity contribution < 1.29 is 4.79 Å². The fourth-order valence-electron chi connectivity index (χ4n) is 4.37. The van der Waals surface area contributed by atoms with Crippen molar-refractivity contribution in [2.24, 2.45) is 0 Å². The van der Waals surface area contributed by atoms with E-state index in [1.165, 1.54) is 5.56 Å². The Balaban J connectivity index is 1.70. The first kappa shape index (κ1) is 17.2. The first-order chi connectivity index (χ1) is 13.5. The van der Waals surface area contributed by atoms with Crippen molar-refractivity contribution in [3.05, 3.63) is 53.6 Å². The summed E-state index contributed by atoms with van der Waals surface area (Å²) in [7, 11) is 0. The average molecular weight is 376 g/mol. The summed E-state index contributed by atoms with van der Waals surface area (Å²) in [5.74, 6) is 0.751. The van der Waals surface area contributed by atoms with E-state index in [0.29, 0.717) is 11.2 Å². The summed E-state index contributed by atoms with van der Waals surface area (Å²) < 4.78 is 1.67. The molecule has 5 rings (SSSR count). The second-order valence-corrected chi connectivity index (χ2v) is 8.34. The first-order valence-electron chi connectivity index (χ1n) is 9.89. The van der Waals surface area contributed by atoms with Gasteiger partial charge >= 0.3 is 0 Å². The minimum Gasteiger partial charge on any atom is -0.349 e. The molecule has 2 aliphatic rings. The third kappa shape index (κ3) is 2.82. The molecule has 3 aromatic rings. The maximum absolute atomic E-state index is 13.0. The molecule has 1 fully saturated rings. The van der Waals surface area contributed by atoms with Crippen molar-refractivity contribution in [2.45, 2.75) is 51.1 Å². The SMILES string of the molecule is CC1(C)CCc2ncccc2[C@H]2CCCN2c2ccn3ncc(c3n2)C(=O)N1. The minimum absolute atomic E-state index is 0.136. The number of carbonyl (C=O) groups excluding carboxylic acids is 1. The lowest BCUT2D eigenvalue weighted by atomic mass is 9.93. The molecule has 1 saturated heterocycles. The maximum Gasteiger partial charge on any atom is 0.257 e. The quantitative estimate of drug-likeness (QED) is 0.653. The lowest BCUT2D eigenvalue weighted by molar-refractivity contribution is 0.0910. The zero-order valence-electron chi connectivity index (χ0n) is 16.2. The van der Waals surface area contributed by atoms with Gasteiger partial charge in [-0.1, -0.05) is 6.07 Å². The molecule has 2 aliphatic heterocycles. The lowest BCUT2D eigenvalue weighted by Gasteiger charge is -2.28. The molecular weight excluding hydrogens is 352 g/mol. The topological polar surface area (TPSA) is 75.4 Å². The van der Waals surface area contributed by atoms with Gasteiger partial charge < -0.3 is 10.2 Å². The molecule has 0 radical (unpaired) electrons. The van der Waals surface area contributed by atoms with E-state index >= 15 is 0 Å². The zero-order chi connectivity index (χ0) is 19.3. The van der Waals surface area contributed by atoms with Crippen molar-refractivity contribution in [1.82, 2.24) is 24.9 Å². The Hall–Kier alpha value is -2.96.